The molecule has 126 valence electrons. The average molecular weight is 321 g/mol. The second-order valence-electron chi connectivity index (χ2n) is 4.65. The fourth-order valence-corrected chi connectivity index (χ4v) is 4.90. The molecule has 21 heavy (non-hydrogen) atoms. The van der Waals surface area contributed by atoms with Crippen LogP contribution in [0.4, 0.5) is 4.79 Å². The van der Waals surface area contributed by atoms with Crippen LogP contribution in [0.15, 0.2) is 0 Å². The van der Waals surface area contributed by atoms with Gasteiger partial charge in [-0.05, 0) is 40.5 Å². The molecule has 0 bridgehead atoms. The highest BCUT2D eigenvalue weighted by Crippen LogP contribution is 2.20. The van der Waals surface area contributed by atoms with Gasteiger partial charge in [0, 0.05) is 39.0 Å². The van der Waals surface area contributed by atoms with Crippen LogP contribution in [0, 0.1) is 0 Å². The van der Waals surface area contributed by atoms with Crippen molar-refractivity contribution in [1.29, 1.82) is 0 Å². The summed E-state index contributed by atoms with van der Waals surface area (Å²) in [6.07, 6.45) is 1.89. The van der Waals surface area contributed by atoms with E-state index in [0.717, 1.165) is 25.3 Å². The molecular weight excluding hydrogens is 290 g/mol. The van der Waals surface area contributed by atoms with Gasteiger partial charge in [0.25, 0.3) is 0 Å². The first-order valence-corrected chi connectivity index (χ1v) is 9.88. The Morgan fingerprint density at radius 1 is 0.952 bits per heavy atom. The van der Waals surface area contributed by atoms with Crippen molar-refractivity contribution in [1.82, 2.24) is 4.90 Å². The van der Waals surface area contributed by atoms with Crippen LogP contribution < -0.4 is 0 Å². The van der Waals surface area contributed by atoms with Crippen molar-refractivity contribution in [3.63, 3.8) is 0 Å². The maximum Gasteiger partial charge on any atom is 0.500 e. The molecule has 0 atom stereocenters. The molecule has 1 amide bonds. The molecule has 6 nitrogen and oxygen atoms in total. The van der Waals surface area contributed by atoms with E-state index >= 15 is 0 Å². The van der Waals surface area contributed by atoms with E-state index in [-0.39, 0.29) is 0 Å². The van der Waals surface area contributed by atoms with Crippen LogP contribution in [0.2, 0.25) is 6.04 Å². The van der Waals surface area contributed by atoms with Crippen LogP contribution in [0.5, 0.6) is 0 Å². The van der Waals surface area contributed by atoms with Crippen molar-refractivity contribution < 1.29 is 23.2 Å². The monoisotopic (exact) mass is 321 g/mol. The third-order valence-corrected chi connectivity index (χ3v) is 6.31. The molecule has 0 aromatic heterocycles. The number of unbranched alkanes of at least 4 members (excludes halogenated alkanes) is 2. The third kappa shape index (κ3) is 8.40. The van der Waals surface area contributed by atoms with E-state index in [2.05, 4.69) is 0 Å². The number of hydrogen-bond donors (Lipinski definition) is 1. The van der Waals surface area contributed by atoms with E-state index in [1.165, 1.54) is 4.90 Å². The lowest BCUT2D eigenvalue weighted by Crippen LogP contribution is -2.45. The zero-order chi connectivity index (χ0) is 16.1. The Balaban J connectivity index is 4.15. The lowest BCUT2D eigenvalue weighted by molar-refractivity contribution is 0.0705. The minimum absolute atomic E-state index is 0.533. The van der Waals surface area contributed by atoms with Gasteiger partial charge in [0.1, 0.15) is 0 Å². The smallest absolute Gasteiger partial charge is 0.465 e. The van der Waals surface area contributed by atoms with Gasteiger partial charge < -0.3 is 23.3 Å². The normalized spacial score (nSPS) is 11.6. The van der Waals surface area contributed by atoms with Crippen molar-refractivity contribution >= 4 is 14.9 Å². The summed E-state index contributed by atoms with van der Waals surface area (Å²) < 4.78 is 17.4. The third-order valence-electron chi connectivity index (χ3n) is 3.16. The number of carbonyl (C=O) groups is 1. The quantitative estimate of drug-likeness (QED) is 0.417. The second kappa shape index (κ2) is 12.0. The van der Waals surface area contributed by atoms with Gasteiger partial charge >= 0.3 is 14.9 Å². The molecule has 0 aliphatic rings. The highest BCUT2D eigenvalue weighted by Gasteiger charge is 2.39. The number of nitrogens with zero attached hydrogens (tertiary/aromatic N) is 1. The topological polar surface area (TPSA) is 68.2 Å². The maximum atomic E-state index is 10.9. The first-order chi connectivity index (χ1) is 10.0. The fraction of sp³-hybridized carbons (Fsp3) is 0.929. The molecule has 0 unspecified atom stereocenters. The molecule has 0 radical (unpaired) electrons. The zero-order valence-electron chi connectivity index (χ0n) is 13.9. The van der Waals surface area contributed by atoms with E-state index in [0.29, 0.717) is 32.9 Å². The van der Waals surface area contributed by atoms with E-state index in [1.54, 1.807) is 0 Å². The van der Waals surface area contributed by atoms with Crippen LogP contribution in [0.25, 0.3) is 0 Å². The number of hydrogen-bond acceptors (Lipinski definition) is 4. The van der Waals surface area contributed by atoms with Crippen LogP contribution in [-0.4, -0.2) is 57.8 Å². The summed E-state index contributed by atoms with van der Waals surface area (Å²) in [7, 11) is -2.53. The summed E-state index contributed by atoms with van der Waals surface area (Å²) in [6.45, 7) is 10.6. The van der Waals surface area contributed by atoms with Gasteiger partial charge in [-0.15, -0.1) is 0 Å². The zero-order valence-corrected chi connectivity index (χ0v) is 14.9. The summed E-state index contributed by atoms with van der Waals surface area (Å²) in [5.41, 5.74) is 0. The summed E-state index contributed by atoms with van der Waals surface area (Å²) in [5, 5.41) is 8.94. The van der Waals surface area contributed by atoms with Gasteiger partial charge in [0.05, 0.1) is 0 Å². The molecule has 0 aliphatic carbocycles. The Morgan fingerprint density at radius 3 is 1.86 bits per heavy atom. The van der Waals surface area contributed by atoms with Gasteiger partial charge in [-0.2, -0.15) is 0 Å². The van der Waals surface area contributed by atoms with Gasteiger partial charge in [-0.25, -0.2) is 4.79 Å². The van der Waals surface area contributed by atoms with Gasteiger partial charge in [0.15, 0.2) is 0 Å². The molecule has 0 aliphatic heterocycles. The second-order valence-corrected chi connectivity index (χ2v) is 7.39. The van der Waals surface area contributed by atoms with E-state index in [9.17, 15) is 4.79 Å². The maximum absolute atomic E-state index is 10.9. The van der Waals surface area contributed by atoms with Gasteiger partial charge in [-0.1, -0.05) is 6.42 Å². The Kier molecular flexibility index (Phi) is 11.6. The van der Waals surface area contributed by atoms with Crippen molar-refractivity contribution in [2.75, 3.05) is 32.9 Å². The number of carboxylic acid groups (broad SMARTS) is 1. The van der Waals surface area contributed by atoms with Crippen molar-refractivity contribution in [2.24, 2.45) is 0 Å². The Labute approximate surface area is 129 Å². The minimum Gasteiger partial charge on any atom is -0.465 e. The first kappa shape index (κ1) is 20.4. The molecule has 0 heterocycles. The molecular formula is C14H31NO5Si. The molecule has 0 rings (SSSR count). The minimum atomic E-state index is -2.53. The van der Waals surface area contributed by atoms with Crippen molar-refractivity contribution in [3.8, 4) is 0 Å². The lowest BCUT2D eigenvalue weighted by atomic mass is 10.2. The Morgan fingerprint density at radius 2 is 1.48 bits per heavy atom. The van der Waals surface area contributed by atoms with Crippen LogP contribution in [-0.2, 0) is 13.3 Å². The standard InChI is InChI=1S/C14H31NO5Si/c1-5-15(14(16)17)12-10-9-11-13-21(18-6-2,19-7-3)20-8-4/h5-13H2,1-4H3,(H,16,17). The first-order valence-electron chi connectivity index (χ1n) is 7.94. The molecule has 0 aromatic rings. The largest absolute Gasteiger partial charge is 0.500 e. The van der Waals surface area contributed by atoms with Crippen molar-refractivity contribution in [2.45, 2.75) is 53.0 Å². The molecule has 0 fully saturated rings. The summed E-state index contributed by atoms with van der Waals surface area (Å²) in [5.74, 6) is 0. The SMILES string of the molecule is CCO[Si](CCCCCN(CC)C(=O)O)(OCC)OCC. The average Bonchev–Trinajstić information content (AvgIpc) is 2.43. The molecule has 7 heteroatoms. The summed E-state index contributed by atoms with van der Waals surface area (Å²) in [4.78, 5) is 12.3. The number of rotatable bonds is 13. The lowest BCUT2D eigenvalue weighted by Gasteiger charge is -2.28. The molecule has 0 aromatic carbocycles. The molecule has 0 saturated heterocycles. The molecule has 1 N–H and O–H groups in total. The molecule has 0 spiro atoms. The highest BCUT2D eigenvalue weighted by molar-refractivity contribution is 6.60. The fourth-order valence-electron chi connectivity index (χ4n) is 2.21. The summed E-state index contributed by atoms with van der Waals surface area (Å²) in [6, 6.07) is 0.793. The Bertz CT molecular complexity index is 261. The van der Waals surface area contributed by atoms with Crippen LogP contribution in [0.1, 0.15) is 47.0 Å². The van der Waals surface area contributed by atoms with E-state index in [1.807, 2.05) is 27.7 Å². The predicted octanol–water partition coefficient (Wildman–Crippen LogP) is 3.21. The molecule has 0 saturated carbocycles. The van der Waals surface area contributed by atoms with Crippen LogP contribution >= 0.6 is 0 Å². The van der Waals surface area contributed by atoms with Gasteiger partial charge in [-0.3, -0.25) is 0 Å². The highest BCUT2D eigenvalue weighted by atomic mass is 28.4. The van der Waals surface area contributed by atoms with Crippen LogP contribution in [0.3, 0.4) is 0 Å². The Hall–Kier alpha value is -0.633. The van der Waals surface area contributed by atoms with E-state index in [4.69, 9.17) is 18.4 Å². The van der Waals surface area contributed by atoms with Gasteiger partial charge in [0.2, 0.25) is 0 Å². The van der Waals surface area contributed by atoms with E-state index < -0.39 is 14.9 Å². The van der Waals surface area contributed by atoms with Crippen molar-refractivity contribution in [3.05, 3.63) is 0 Å². The number of amides is 1. The summed E-state index contributed by atoms with van der Waals surface area (Å²) >= 11 is 0. The predicted molar refractivity (Wildman–Crippen MR) is 84.6 cm³/mol.